The van der Waals surface area contributed by atoms with Crippen LogP contribution in [0.25, 0.3) is 0 Å². The second kappa shape index (κ2) is 12.8. The lowest BCUT2D eigenvalue weighted by Crippen LogP contribution is -2.82. The minimum absolute atomic E-state index is 0.143. The van der Waals surface area contributed by atoms with Gasteiger partial charge in [0, 0.05) is 32.1 Å². The molecule has 11 nitrogen and oxygen atoms in total. The molecule has 49 heavy (non-hydrogen) atoms. The molecule has 3 fully saturated rings. The highest BCUT2D eigenvalue weighted by Gasteiger charge is 2.78. The maximum Gasteiger partial charge on any atom is 0.338 e. The number of carbonyl (C=O) groups is 5. The molecule has 12 heteroatoms. The third-order valence-electron chi connectivity index (χ3n) is 12.3. The Balaban J connectivity index is 1.89. The Morgan fingerprint density at radius 2 is 1.57 bits per heavy atom. The minimum Gasteiger partial charge on any atom is -0.455 e. The first-order valence-corrected chi connectivity index (χ1v) is 19.8. The van der Waals surface area contributed by atoms with E-state index in [1.54, 1.807) is 58.0 Å². The number of aliphatic hydroxyl groups is 1. The molecular formula is C37H50O11Si. The van der Waals surface area contributed by atoms with Crippen LogP contribution in [0.15, 0.2) is 41.5 Å². The van der Waals surface area contributed by atoms with E-state index in [0.29, 0.717) is 0 Å². The van der Waals surface area contributed by atoms with Gasteiger partial charge in [-0.2, -0.15) is 0 Å². The van der Waals surface area contributed by atoms with Crippen LogP contribution < -0.4 is 0 Å². The Bertz CT molecular complexity index is 1560. The molecule has 8 atom stereocenters. The quantitative estimate of drug-likeness (QED) is 0.213. The zero-order chi connectivity index (χ0) is 36.3. The fraction of sp³-hybridized carbons (Fsp3) is 0.649. The number of hydrogen-bond donors (Lipinski definition) is 1. The lowest BCUT2D eigenvalue weighted by Gasteiger charge is -2.68. The van der Waals surface area contributed by atoms with E-state index in [1.807, 2.05) is 0 Å². The van der Waals surface area contributed by atoms with Crippen molar-refractivity contribution in [2.45, 2.75) is 129 Å². The van der Waals surface area contributed by atoms with E-state index < -0.39 is 96.6 Å². The summed E-state index contributed by atoms with van der Waals surface area (Å²) in [6.07, 6.45) is -5.14. The summed E-state index contributed by atoms with van der Waals surface area (Å²) in [7, 11) is -2.49. The molecule has 1 N–H and O–H groups in total. The molecule has 268 valence electrons. The van der Waals surface area contributed by atoms with Gasteiger partial charge in [0.05, 0.1) is 29.6 Å². The van der Waals surface area contributed by atoms with E-state index >= 15 is 4.79 Å². The van der Waals surface area contributed by atoms with Crippen LogP contribution in [0.2, 0.25) is 18.1 Å². The second-order valence-electron chi connectivity index (χ2n) is 14.9. The number of allylic oxidation sites excluding steroid dienone is 1. The maximum absolute atomic E-state index is 15.6. The van der Waals surface area contributed by atoms with Gasteiger partial charge in [0.25, 0.3) is 0 Å². The minimum atomic E-state index is -2.49. The van der Waals surface area contributed by atoms with E-state index in [0.717, 1.165) is 18.1 Å². The molecule has 3 aliphatic carbocycles. The lowest BCUT2D eigenvalue weighted by atomic mass is 9.44. The van der Waals surface area contributed by atoms with Gasteiger partial charge in [-0.15, -0.1) is 0 Å². The number of ketones is 2. The molecule has 1 heterocycles. The molecule has 1 aromatic carbocycles. The van der Waals surface area contributed by atoms with Crippen molar-refractivity contribution in [2.24, 2.45) is 16.7 Å². The van der Waals surface area contributed by atoms with Crippen LogP contribution in [0.1, 0.15) is 85.5 Å². The fourth-order valence-electron chi connectivity index (χ4n) is 9.17. The number of rotatable bonds is 9. The summed E-state index contributed by atoms with van der Waals surface area (Å²) < 4.78 is 31.7. The van der Waals surface area contributed by atoms with E-state index in [1.165, 1.54) is 13.8 Å². The van der Waals surface area contributed by atoms with Gasteiger partial charge in [-0.25, -0.2) is 4.79 Å². The molecule has 2 bridgehead atoms. The average Bonchev–Trinajstić information content (AvgIpc) is 3.04. The van der Waals surface area contributed by atoms with Gasteiger partial charge < -0.3 is 28.5 Å². The number of Topliss-reactive ketones (excluding diaryl/α,β-unsaturated/α-hetero) is 2. The predicted molar refractivity (Wildman–Crippen MR) is 180 cm³/mol. The number of benzene rings is 1. The molecule has 4 aliphatic rings. The summed E-state index contributed by atoms with van der Waals surface area (Å²) in [5, 5.41) is 13.2. The highest BCUT2D eigenvalue weighted by molar-refractivity contribution is 6.73. The van der Waals surface area contributed by atoms with Gasteiger partial charge in [0.15, 0.2) is 31.6 Å². The second-order valence-corrected chi connectivity index (χ2v) is 19.7. The van der Waals surface area contributed by atoms with Crippen LogP contribution in [-0.4, -0.2) is 85.1 Å². The van der Waals surface area contributed by atoms with Crippen molar-refractivity contribution < 1.29 is 52.5 Å². The maximum atomic E-state index is 15.6. The third kappa shape index (κ3) is 5.53. The van der Waals surface area contributed by atoms with Gasteiger partial charge in [-0.1, -0.05) is 52.8 Å². The smallest absolute Gasteiger partial charge is 0.338 e. The number of hydrogen-bond acceptors (Lipinski definition) is 11. The van der Waals surface area contributed by atoms with Crippen molar-refractivity contribution in [3.05, 3.63) is 47.0 Å². The fourth-order valence-corrected chi connectivity index (χ4v) is 12.1. The van der Waals surface area contributed by atoms with Crippen molar-refractivity contribution in [2.75, 3.05) is 6.61 Å². The number of fused-ring (bicyclic) bond motifs is 5. The van der Waals surface area contributed by atoms with Gasteiger partial charge in [-0.3, -0.25) is 19.2 Å². The first-order valence-electron chi connectivity index (χ1n) is 17.3. The van der Waals surface area contributed by atoms with Crippen molar-refractivity contribution in [3.8, 4) is 0 Å². The zero-order valence-electron chi connectivity index (χ0n) is 30.0. The summed E-state index contributed by atoms with van der Waals surface area (Å²) in [6, 6.07) is 10.5. The SMILES string of the molecule is CC[Si](CC)(CC)O[C@H]1C[C@H]2OC[C@@]2(OC(C)=O)[C@H]2[C@H](OC(=O)c3ccccc3)[C@]3(O)CC(=O)C(C)=C([C@@H](OC(C)=O)C(=O)[C@]12C)C3(C)C. The van der Waals surface area contributed by atoms with Crippen LogP contribution in [-0.2, 0) is 42.6 Å². The van der Waals surface area contributed by atoms with E-state index in [9.17, 15) is 24.3 Å². The highest BCUT2D eigenvalue weighted by Crippen LogP contribution is 2.64. The Kier molecular flexibility index (Phi) is 9.72. The van der Waals surface area contributed by atoms with E-state index in [-0.39, 0.29) is 29.7 Å². The number of ether oxygens (including phenoxy) is 4. The van der Waals surface area contributed by atoms with Crippen LogP contribution in [0.5, 0.6) is 0 Å². The van der Waals surface area contributed by atoms with E-state index in [2.05, 4.69) is 20.8 Å². The Morgan fingerprint density at radius 3 is 2.08 bits per heavy atom. The van der Waals surface area contributed by atoms with Crippen molar-refractivity contribution in [3.63, 3.8) is 0 Å². The van der Waals surface area contributed by atoms with Gasteiger partial charge >= 0.3 is 17.9 Å². The molecule has 5 rings (SSSR count). The Morgan fingerprint density at radius 1 is 0.959 bits per heavy atom. The predicted octanol–water partition coefficient (Wildman–Crippen LogP) is 4.89. The van der Waals surface area contributed by atoms with Gasteiger partial charge in [-0.05, 0) is 55.3 Å². The van der Waals surface area contributed by atoms with Crippen LogP contribution >= 0.6 is 0 Å². The molecule has 1 aliphatic heterocycles. The lowest BCUT2D eigenvalue weighted by molar-refractivity contribution is -0.343. The zero-order valence-corrected chi connectivity index (χ0v) is 31.0. The highest BCUT2D eigenvalue weighted by atomic mass is 28.4. The first-order chi connectivity index (χ1) is 22.9. The van der Waals surface area contributed by atoms with Crippen molar-refractivity contribution in [1.82, 2.24) is 0 Å². The Hall–Kier alpha value is -3.19. The molecule has 2 saturated carbocycles. The summed E-state index contributed by atoms with van der Waals surface area (Å²) in [5.41, 5.74) is -6.36. The summed E-state index contributed by atoms with van der Waals surface area (Å²) in [5.74, 6) is -4.56. The van der Waals surface area contributed by atoms with Crippen molar-refractivity contribution >= 4 is 37.8 Å². The summed E-state index contributed by atoms with van der Waals surface area (Å²) in [4.78, 5) is 69.3. The third-order valence-corrected chi connectivity index (χ3v) is 17.0. The summed E-state index contributed by atoms with van der Waals surface area (Å²) >= 11 is 0. The molecule has 0 aromatic heterocycles. The molecule has 0 radical (unpaired) electrons. The average molecular weight is 699 g/mol. The van der Waals surface area contributed by atoms with Crippen molar-refractivity contribution in [1.29, 1.82) is 0 Å². The van der Waals surface area contributed by atoms with Gasteiger partial charge in [0.1, 0.15) is 17.8 Å². The molecule has 0 unspecified atom stereocenters. The molecule has 1 saturated heterocycles. The number of esters is 3. The van der Waals surface area contributed by atoms with Crippen LogP contribution in [0.3, 0.4) is 0 Å². The Labute approximate surface area is 289 Å². The van der Waals surface area contributed by atoms with Crippen LogP contribution in [0.4, 0.5) is 0 Å². The van der Waals surface area contributed by atoms with Crippen LogP contribution in [0, 0.1) is 16.7 Å². The normalized spacial score (nSPS) is 35.2. The molecule has 0 amide bonds. The van der Waals surface area contributed by atoms with Gasteiger partial charge in [0.2, 0.25) is 0 Å². The standard InChI is InChI=1S/C37H50O11Si/c1-10-49(11-2,12-3)48-26-18-27-36(20-44-27,47-23(6)39)30-32(46-33(42)24-16-14-13-15-17-24)37(43)19-25(40)21(4)28(34(37,7)8)29(45-22(5)38)31(41)35(26,30)9/h13-17,26-27,29-30,32,43H,10-12,18-20H2,1-9H3/t26-,27+,29+,30-,32-,35+,36-,37+/m0/s1. The molecule has 1 aromatic rings. The topological polar surface area (TPSA) is 152 Å². The summed E-state index contributed by atoms with van der Waals surface area (Å²) in [6.45, 7) is 15.0. The molecular weight excluding hydrogens is 648 g/mol. The monoisotopic (exact) mass is 698 g/mol. The van der Waals surface area contributed by atoms with E-state index in [4.69, 9.17) is 23.4 Å². The first kappa shape index (κ1) is 37.1. The number of carbonyl (C=O) groups excluding carboxylic acids is 5. The molecule has 0 spiro atoms. The largest absolute Gasteiger partial charge is 0.455 e.